The fourth-order valence-corrected chi connectivity index (χ4v) is 3.36. The number of amides is 2. The molecule has 0 saturated carbocycles. The number of nitrogens with one attached hydrogen (secondary N) is 1. The smallest absolute Gasteiger partial charge is 0.343 e. The predicted molar refractivity (Wildman–Crippen MR) is 60.8 cm³/mol. The summed E-state index contributed by atoms with van der Waals surface area (Å²) in [6.07, 6.45) is 0.441. The molecule has 6 nitrogen and oxygen atoms in total. The second-order valence-electron chi connectivity index (χ2n) is 3.58. The van der Waals surface area contributed by atoms with Crippen LogP contribution in [-0.4, -0.2) is 40.7 Å². The summed E-state index contributed by atoms with van der Waals surface area (Å²) in [5.74, 6) is 0.0603. The first kappa shape index (κ1) is 11.4. The molecule has 7 heteroatoms. The lowest BCUT2D eigenvalue weighted by atomic mass is 9.94. The summed E-state index contributed by atoms with van der Waals surface area (Å²) in [5, 5.41) is 20.7. The maximum atomic E-state index is 11.2. The molecule has 16 heavy (non-hydrogen) atoms. The number of amidine groups is 1. The van der Waals surface area contributed by atoms with Crippen LogP contribution >= 0.6 is 11.8 Å². The summed E-state index contributed by atoms with van der Waals surface area (Å²) in [7, 11) is 0. The van der Waals surface area contributed by atoms with E-state index in [2.05, 4.69) is 10.3 Å². The minimum atomic E-state index is -0.450. The molecule has 5 N–H and O–H groups in total. The van der Waals surface area contributed by atoms with Crippen molar-refractivity contribution < 1.29 is 15.0 Å². The fourth-order valence-electron chi connectivity index (χ4n) is 1.99. The van der Waals surface area contributed by atoms with Gasteiger partial charge < -0.3 is 21.3 Å². The van der Waals surface area contributed by atoms with Crippen molar-refractivity contribution in [3.8, 4) is 0 Å². The normalized spacial score (nSPS) is 28.9. The van der Waals surface area contributed by atoms with E-state index in [0.29, 0.717) is 6.42 Å². The molecule has 0 bridgehead atoms. The van der Waals surface area contributed by atoms with Gasteiger partial charge in [0.15, 0.2) is 0 Å². The first-order chi connectivity index (χ1) is 7.67. The van der Waals surface area contributed by atoms with Crippen LogP contribution < -0.4 is 11.1 Å². The van der Waals surface area contributed by atoms with Gasteiger partial charge in [0.2, 0.25) is 0 Å². The molecule has 2 aliphatic heterocycles. The van der Waals surface area contributed by atoms with Gasteiger partial charge >= 0.3 is 6.03 Å². The maximum absolute atomic E-state index is 11.2. The highest BCUT2D eigenvalue weighted by Crippen LogP contribution is 2.43. The fraction of sp³-hybridized carbons (Fsp3) is 0.556. The number of nitrogens with zero attached hydrogens (tertiary/aromatic N) is 1. The summed E-state index contributed by atoms with van der Waals surface area (Å²) in [6, 6.07) is -0.450. The second-order valence-corrected chi connectivity index (χ2v) is 4.82. The molecule has 88 valence electrons. The highest BCUT2D eigenvalue weighted by Gasteiger charge is 2.40. The van der Waals surface area contributed by atoms with Crippen LogP contribution in [0.4, 0.5) is 4.79 Å². The topological polar surface area (TPSA) is 108 Å². The number of hydrogen-bond acceptors (Lipinski definition) is 5. The SMILES string of the molecule is NC1=NC(=O)NC2SC(CO)=C(CCO)C12. The third kappa shape index (κ3) is 1.81. The Morgan fingerprint density at radius 1 is 1.50 bits per heavy atom. The third-order valence-corrected chi connectivity index (χ3v) is 3.97. The zero-order valence-electron chi connectivity index (χ0n) is 8.51. The quantitative estimate of drug-likeness (QED) is 0.528. The van der Waals surface area contributed by atoms with E-state index in [4.69, 9.17) is 10.8 Å². The molecule has 0 aromatic heterocycles. The summed E-state index contributed by atoms with van der Waals surface area (Å²) < 4.78 is 0. The van der Waals surface area contributed by atoms with Crippen LogP contribution in [0.3, 0.4) is 0 Å². The van der Waals surface area contributed by atoms with Gasteiger partial charge in [-0.1, -0.05) is 0 Å². The van der Waals surface area contributed by atoms with Crippen molar-refractivity contribution in [1.29, 1.82) is 0 Å². The minimum Gasteiger partial charge on any atom is -0.396 e. The molecule has 2 amide bonds. The molecular weight excluding hydrogens is 230 g/mol. The lowest BCUT2D eigenvalue weighted by Crippen LogP contribution is -2.46. The molecule has 0 fully saturated rings. The number of urea groups is 1. The molecule has 2 heterocycles. The number of thioether (sulfide) groups is 1. The Morgan fingerprint density at radius 3 is 2.88 bits per heavy atom. The van der Waals surface area contributed by atoms with Crippen LogP contribution in [0.2, 0.25) is 0 Å². The van der Waals surface area contributed by atoms with Gasteiger partial charge in [0.1, 0.15) is 5.84 Å². The zero-order chi connectivity index (χ0) is 11.7. The first-order valence-corrected chi connectivity index (χ1v) is 5.80. The number of fused-ring (bicyclic) bond motifs is 1. The van der Waals surface area contributed by atoms with Crippen molar-refractivity contribution in [3.63, 3.8) is 0 Å². The van der Waals surface area contributed by atoms with Crippen molar-refractivity contribution in [3.05, 3.63) is 10.5 Å². The summed E-state index contributed by atoms with van der Waals surface area (Å²) in [4.78, 5) is 15.6. The van der Waals surface area contributed by atoms with Crippen molar-refractivity contribution in [2.45, 2.75) is 11.8 Å². The highest BCUT2D eigenvalue weighted by atomic mass is 32.2. The summed E-state index contributed by atoms with van der Waals surface area (Å²) in [5.41, 5.74) is 6.60. The monoisotopic (exact) mass is 243 g/mol. The Bertz CT molecular complexity index is 380. The third-order valence-electron chi connectivity index (χ3n) is 2.65. The number of rotatable bonds is 3. The Kier molecular flexibility index (Phi) is 3.17. The van der Waals surface area contributed by atoms with Gasteiger partial charge in [-0.15, -0.1) is 11.8 Å². The van der Waals surface area contributed by atoms with Crippen LogP contribution in [0, 0.1) is 5.92 Å². The Balaban J connectivity index is 2.31. The average molecular weight is 243 g/mol. The van der Waals surface area contributed by atoms with E-state index in [1.807, 2.05) is 0 Å². The maximum Gasteiger partial charge on any atom is 0.343 e. The van der Waals surface area contributed by atoms with Crippen LogP contribution in [0.15, 0.2) is 15.5 Å². The molecule has 2 aliphatic rings. The van der Waals surface area contributed by atoms with E-state index in [1.165, 1.54) is 11.8 Å². The van der Waals surface area contributed by atoms with Crippen LogP contribution in [0.5, 0.6) is 0 Å². The number of nitrogens with two attached hydrogens (primary N) is 1. The van der Waals surface area contributed by atoms with Crippen molar-refractivity contribution in [1.82, 2.24) is 5.32 Å². The number of aliphatic hydroxyl groups excluding tert-OH is 2. The standard InChI is InChI=1S/C9H13N3O3S/c10-7-6-4(1-2-13)5(3-14)16-8(6)12-9(15)11-7/h6,8,13-14H,1-3H2,(H3,10,11,12,15). The van der Waals surface area contributed by atoms with Gasteiger partial charge in [0, 0.05) is 11.5 Å². The molecule has 2 unspecified atom stereocenters. The van der Waals surface area contributed by atoms with Crippen molar-refractivity contribution >= 4 is 23.6 Å². The Labute approximate surface area is 96.6 Å². The van der Waals surface area contributed by atoms with Crippen LogP contribution in [0.25, 0.3) is 0 Å². The Morgan fingerprint density at radius 2 is 2.25 bits per heavy atom. The van der Waals surface area contributed by atoms with Gasteiger partial charge in [-0.3, -0.25) is 0 Å². The number of aliphatic hydroxyl groups is 2. The van der Waals surface area contributed by atoms with Crippen molar-refractivity contribution in [2.75, 3.05) is 13.2 Å². The lowest BCUT2D eigenvalue weighted by Gasteiger charge is -2.25. The second kappa shape index (κ2) is 4.44. The number of carbonyl (C=O) groups is 1. The molecule has 2 atom stereocenters. The first-order valence-electron chi connectivity index (χ1n) is 4.92. The summed E-state index contributed by atoms with van der Waals surface area (Å²) >= 11 is 1.38. The van der Waals surface area contributed by atoms with Gasteiger partial charge in [-0.25, -0.2) is 4.79 Å². The summed E-state index contributed by atoms with van der Waals surface area (Å²) in [6.45, 7) is -0.111. The van der Waals surface area contributed by atoms with E-state index >= 15 is 0 Å². The molecular formula is C9H13N3O3S. The van der Waals surface area contributed by atoms with E-state index in [9.17, 15) is 9.90 Å². The molecule has 0 aromatic rings. The average Bonchev–Trinajstić information content (AvgIpc) is 2.57. The number of aliphatic imine (C=N–C) groups is 1. The molecule has 0 aliphatic carbocycles. The molecule has 0 radical (unpaired) electrons. The lowest BCUT2D eigenvalue weighted by molar-refractivity contribution is 0.246. The van der Waals surface area contributed by atoms with E-state index in [0.717, 1.165) is 10.5 Å². The zero-order valence-corrected chi connectivity index (χ0v) is 9.33. The van der Waals surface area contributed by atoms with Gasteiger partial charge in [0.05, 0.1) is 17.9 Å². The van der Waals surface area contributed by atoms with Gasteiger partial charge in [0.25, 0.3) is 0 Å². The largest absolute Gasteiger partial charge is 0.396 e. The van der Waals surface area contributed by atoms with Gasteiger partial charge in [-0.2, -0.15) is 4.99 Å². The highest BCUT2D eigenvalue weighted by molar-refractivity contribution is 8.04. The van der Waals surface area contributed by atoms with Crippen molar-refractivity contribution in [2.24, 2.45) is 16.6 Å². The molecule has 0 saturated heterocycles. The molecule has 0 aromatic carbocycles. The van der Waals surface area contributed by atoms with E-state index < -0.39 is 6.03 Å². The number of hydrogen-bond donors (Lipinski definition) is 4. The number of carbonyl (C=O) groups excluding carboxylic acids is 1. The van der Waals surface area contributed by atoms with Gasteiger partial charge in [-0.05, 0) is 12.0 Å². The van der Waals surface area contributed by atoms with Crippen LogP contribution in [-0.2, 0) is 0 Å². The molecule has 2 rings (SSSR count). The Hall–Kier alpha value is -1.05. The predicted octanol–water partition coefficient (Wildman–Crippen LogP) is -0.615. The van der Waals surface area contributed by atoms with E-state index in [1.54, 1.807) is 0 Å². The van der Waals surface area contributed by atoms with E-state index in [-0.39, 0.29) is 30.3 Å². The van der Waals surface area contributed by atoms with Crippen LogP contribution in [0.1, 0.15) is 6.42 Å². The minimum absolute atomic E-state index is 0.0101. The molecule has 0 spiro atoms.